The van der Waals surface area contributed by atoms with E-state index >= 15 is 0 Å². The zero-order chi connectivity index (χ0) is 15.8. The summed E-state index contributed by atoms with van der Waals surface area (Å²) in [7, 11) is 0. The first-order valence-corrected chi connectivity index (χ1v) is 7.79. The number of hydrogen-bond donors (Lipinski definition) is 2. The molecule has 0 saturated carbocycles. The Morgan fingerprint density at radius 2 is 1.55 bits per heavy atom. The number of ether oxygens (including phenoxy) is 1. The van der Waals surface area contributed by atoms with Crippen molar-refractivity contribution in [3.8, 4) is 5.75 Å². The van der Waals surface area contributed by atoms with Crippen LogP contribution in [-0.2, 0) is 6.61 Å². The molecule has 3 heteroatoms. The van der Waals surface area contributed by atoms with Crippen LogP contribution in [0.2, 0.25) is 0 Å². The van der Waals surface area contributed by atoms with Crippen molar-refractivity contribution in [1.29, 1.82) is 0 Å². The SMILES string of the molecule is CC(C)(C)NCCNc1ccccc1OCc1ccccc1. The molecule has 2 N–H and O–H groups in total. The Kier molecular flexibility index (Phi) is 5.84. The number of benzene rings is 2. The lowest BCUT2D eigenvalue weighted by atomic mass is 10.1. The largest absolute Gasteiger partial charge is 0.487 e. The second-order valence-corrected chi connectivity index (χ2v) is 6.37. The zero-order valence-electron chi connectivity index (χ0n) is 13.7. The van der Waals surface area contributed by atoms with Crippen molar-refractivity contribution < 1.29 is 4.74 Å². The van der Waals surface area contributed by atoms with Gasteiger partial charge in [0.15, 0.2) is 0 Å². The number of rotatable bonds is 7. The fourth-order valence-electron chi connectivity index (χ4n) is 2.11. The van der Waals surface area contributed by atoms with E-state index in [9.17, 15) is 0 Å². The third-order valence-electron chi connectivity index (χ3n) is 3.22. The Hall–Kier alpha value is -2.00. The molecule has 0 bridgehead atoms. The highest BCUT2D eigenvalue weighted by atomic mass is 16.5. The molecule has 0 radical (unpaired) electrons. The molecule has 118 valence electrons. The Morgan fingerprint density at radius 3 is 2.27 bits per heavy atom. The molecule has 2 aromatic rings. The third kappa shape index (κ3) is 5.78. The normalized spacial score (nSPS) is 11.2. The summed E-state index contributed by atoms with van der Waals surface area (Å²) in [5.74, 6) is 0.891. The van der Waals surface area contributed by atoms with Crippen molar-refractivity contribution in [2.45, 2.75) is 32.9 Å². The average molecular weight is 298 g/mol. The molecule has 0 aliphatic carbocycles. The summed E-state index contributed by atoms with van der Waals surface area (Å²) in [5.41, 5.74) is 2.35. The Bertz CT molecular complexity index is 561. The summed E-state index contributed by atoms with van der Waals surface area (Å²) >= 11 is 0. The van der Waals surface area contributed by atoms with E-state index in [0.29, 0.717) is 6.61 Å². The van der Waals surface area contributed by atoms with Crippen LogP contribution in [0.4, 0.5) is 5.69 Å². The highest BCUT2D eigenvalue weighted by Crippen LogP contribution is 2.24. The number of anilines is 1. The molecular weight excluding hydrogens is 272 g/mol. The summed E-state index contributed by atoms with van der Waals surface area (Å²) in [6.07, 6.45) is 0. The summed E-state index contributed by atoms with van der Waals surface area (Å²) in [5, 5.41) is 6.90. The van der Waals surface area contributed by atoms with Crippen LogP contribution in [0.25, 0.3) is 0 Å². The van der Waals surface area contributed by atoms with Gasteiger partial charge in [-0.3, -0.25) is 0 Å². The second kappa shape index (κ2) is 7.85. The minimum absolute atomic E-state index is 0.144. The molecule has 2 aromatic carbocycles. The smallest absolute Gasteiger partial charge is 0.142 e. The second-order valence-electron chi connectivity index (χ2n) is 6.37. The third-order valence-corrected chi connectivity index (χ3v) is 3.22. The molecule has 0 atom stereocenters. The number of para-hydroxylation sites is 2. The topological polar surface area (TPSA) is 33.3 Å². The molecule has 0 saturated heterocycles. The van der Waals surface area contributed by atoms with E-state index in [2.05, 4.69) is 49.6 Å². The number of nitrogens with one attached hydrogen (secondary N) is 2. The van der Waals surface area contributed by atoms with Crippen LogP contribution in [0.1, 0.15) is 26.3 Å². The lowest BCUT2D eigenvalue weighted by molar-refractivity contribution is 0.307. The van der Waals surface area contributed by atoms with Gasteiger partial charge in [0.25, 0.3) is 0 Å². The summed E-state index contributed by atoms with van der Waals surface area (Å²) in [4.78, 5) is 0. The van der Waals surface area contributed by atoms with Crippen molar-refractivity contribution in [2.75, 3.05) is 18.4 Å². The molecule has 0 fully saturated rings. The Morgan fingerprint density at radius 1 is 0.864 bits per heavy atom. The van der Waals surface area contributed by atoms with E-state index in [1.54, 1.807) is 0 Å². The molecule has 0 aromatic heterocycles. The van der Waals surface area contributed by atoms with Gasteiger partial charge in [0.2, 0.25) is 0 Å². The van der Waals surface area contributed by atoms with E-state index in [4.69, 9.17) is 4.74 Å². The molecule has 3 nitrogen and oxygen atoms in total. The van der Waals surface area contributed by atoms with E-state index in [-0.39, 0.29) is 5.54 Å². The van der Waals surface area contributed by atoms with Crippen molar-refractivity contribution in [3.63, 3.8) is 0 Å². The average Bonchev–Trinajstić information content (AvgIpc) is 2.50. The minimum Gasteiger partial charge on any atom is -0.487 e. The van der Waals surface area contributed by atoms with E-state index < -0.39 is 0 Å². The van der Waals surface area contributed by atoms with Crippen molar-refractivity contribution >= 4 is 5.69 Å². The molecule has 0 spiro atoms. The first-order chi connectivity index (χ1) is 10.5. The fourth-order valence-corrected chi connectivity index (χ4v) is 2.11. The van der Waals surface area contributed by atoms with Gasteiger partial charge in [0.05, 0.1) is 5.69 Å². The van der Waals surface area contributed by atoms with Gasteiger partial charge in [0, 0.05) is 18.6 Å². The van der Waals surface area contributed by atoms with E-state index in [1.807, 2.05) is 36.4 Å². The van der Waals surface area contributed by atoms with Gasteiger partial charge in [-0.15, -0.1) is 0 Å². The molecular formula is C19H26N2O. The monoisotopic (exact) mass is 298 g/mol. The van der Waals surface area contributed by atoms with Crippen LogP contribution in [0, 0.1) is 0 Å². The quantitative estimate of drug-likeness (QED) is 0.756. The Labute approximate surface area is 133 Å². The van der Waals surface area contributed by atoms with Crippen LogP contribution in [0.15, 0.2) is 54.6 Å². The van der Waals surface area contributed by atoms with Gasteiger partial charge >= 0.3 is 0 Å². The first kappa shape index (κ1) is 16.4. The van der Waals surface area contributed by atoms with E-state index in [0.717, 1.165) is 24.5 Å². The summed E-state index contributed by atoms with van der Waals surface area (Å²) in [6.45, 7) is 8.87. The standard InChI is InChI=1S/C19H26N2O/c1-19(2,3)21-14-13-20-17-11-7-8-12-18(17)22-15-16-9-5-4-6-10-16/h4-12,20-21H,13-15H2,1-3H3. The maximum Gasteiger partial charge on any atom is 0.142 e. The van der Waals surface area contributed by atoms with Gasteiger partial charge < -0.3 is 15.4 Å². The lowest BCUT2D eigenvalue weighted by Gasteiger charge is -2.21. The molecule has 0 amide bonds. The molecule has 0 aliphatic heterocycles. The van der Waals surface area contributed by atoms with Crippen molar-refractivity contribution in [3.05, 3.63) is 60.2 Å². The highest BCUT2D eigenvalue weighted by Gasteiger charge is 2.08. The Balaban J connectivity index is 1.87. The molecule has 0 heterocycles. The first-order valence-electron chi connectivity index (χ1n) is 7.79. The van der Waals surface area contributed by atoms with Crippen LogP contribution in [0.5, 0.6) is 5.75 Å². The van der Waals surface area contributed by atoms with Crippen LogP contribution in [-0.4, -0.2) is 18.6 Å². The minimum atomic E-state index is 0.144. The zero-order valence-corrected chi connectivity index (χ0v) is 13.7. The molecule has 22 heavy (non-hydrogen) atoms. The van der Waals surface area contributed by atoms with Gasteiger partial charge in [0.1, 0.15) is 12.4 Å². The summed E-state index contributed by atoms with van der Waals surface area (Å²) in [6, 6.07) is 18.3. The number of hydrogen-bond acceptors (Lipinski definition) is 3. The van der Waals surface area contributed by atoms with Crippen LogP contribution >= 0.6 is 0 Å². The van der Waals surface area contributed by atoms with Gasteiger partial charge in [-0.1, -0.05) is 42.5 Å². The maximum atomic E-state index is 5.94. The summed E-state index contributed by atoms with van der Waals surface area (Å²) < 4.78 is 5.94. The van der Waals surface area contributed by atoms with Crippen molar-refractivity contribution in [1.82, 2.24) is 5.32 Å². The maximum absolute atomic E-state index is 5.94. The van der Waals surface area contributed by atoms with Crippen LogP contribution in [0.3, 0.4) is 0 Å². The molecule has 2 rings (SSSR count). The van der Waals surface area contributed by atoms with Gasteiger partial charge in [-0.2, -0.15) is 0 Å². The van der Waals surface area contributed by atoms with E-state index in [1.165, 1.54) is 5.56 Å². The van der Waals surface area contributed by atoms with Crippen molar-refractivity contribution in [2.24, 2.45) is 0 Å². The lowest BCUT2D eigenvalue weighted by Crippen LogP contribution is -2.38. The predicted octanol–water partition coefficient (Wildman–Crippen LogP) is 4.07. The van der Waals surface area contributed by atoms with Gasteiger partial charge in [-0.25, -0.2) is 0 Å². The van der Waals surface area contributed by atoms with Gasteiger partial charge in [-0.05, 0) is 38.5 Å². The molecule has 0 unspecified atom stereocenters. The fraction of sp³-hybridized carbons (Fsp3) is 0.368. The predicted molar refractivity (Wildman–Crippen MR) is 93.5 cm³/mol. The van der Waals surface area contributed by atoms with Crippen LogP contribution < -0.4 is 15.4 Å². The molecule has 0 aliphatic rings. The highest BCUT2D eigenvalue weighted by molar-refractivity contribution is 5.56.